The van der Waals surface area contributed by atoms with Gasteiger partial charge in [-0.25, -0.2) is 4.79 Å². The van der Waals surface area contributed by atoms with Crippen molar-refractivity contribution in [3.63, 3.8) is 0 Å². The fourth-order valence-electron chi connectivity index (χ4n) is 1.54. The predicted octanol–water partition coefficient (Wildman–Crippen LogP) is 0.617. The number of carboxylic acids is 1. The van der Waals surface area contributed by atoms with Crippen molar-refractivity contribution >= 4 is 5.97 Å². The molecule has 0 bridgehead atoms. The number of ether oxygens (including phenoxy) is 1. The summed E-state index contributed by atoms with van der Waals surface area (Å²) in [4.78, 5) is 10.6. The molecule has 13 heavy (non-hydrogen) atoms. The van der Waals surface area contributed by atoms with Gasteiger partial charge in [-0.15, -0.1) is 0 Å². The van der Waals surface area contributed by atoms with Crippen LogP contribution in [0, 0.1) is 0 Å². The zero-order valence-electron chi connectivity index (χ0n) is 8.33. The molecule has 4 heteroatoms. The van der Waals surface area contributed by atoms with E-state index in [9.17, 15) is 4.79 Å². The van der Waals surface area contributed by atoms with E-state index in [-0.39, 0.29) is 11.6 Å². The van der Waals surface area contributed by atoms with Crippen LogP contribution >= 0.6 is 0 Å². The van der Waals surface area contributed by atoms with Crippen molar-refractivity contribution in [2.75, 3.05) is 6.54 Å². The molecule has 0 aromatic rings. The molecule has 2 unspecified atom stereocenters. The highest BCUT2D eigenvalue weighted by Crippen LogP contribution is 2.23. The normalized spacial score (nSPS) is 28.7. The van der Waals surface area contributed by atoms with Crippen LogP contribution in [0.2, 0.25) is 0 Å². The third-order valence-electron chi connectivity index (χ3n) is 2.51. The van der Waals surface area contributed by atoms with Crippen LogP contribution in [-0.4, -0.2) is 35.4 Å². The van der Waals surface area contributed by atoms with Gasteiger partial charge in [-0.05, 0) is 33.7 Å². The fraction of sp³-hybridized carbons (Fsp3) is 0.889. The molecule has 1 fully saturated rings. The largest absolute Gasteiger partial charge is 0.479 e. The maximum absolute atomic E-state index is 10.6. The molecule has 0 saturated carbocycles. The van der Waals surface area contributed by atoms with Gasteiger partial charge in [0, 0.05) is 5.54 Å². The van der Waals surface area contributed by atoms with Crippen LogP contribution in [0.15, 0.2) is 0 Å². The number of nitrogens with one attached hydrogen (secondary N) is 1. The van der Waals surface area contributed by atoms with Crippen LogP contribution < -0.4 is 5.32 Å². The first-order valence-corrected chi connectivity index (χ1v) is 4.57. The van der Waals surface area contributed by atoms with Crippen LogP contribution in [-0.2, 0) is 9.53 Å². The van der Waals surface area contributed by atoms with Crippen LogP contribution in [0.25, 0.3) is 0 Å². The molecule has 4 nitrogen and oxygen atoms in total. The smallest absolute Gasteiger partial charge is 0.332 e. The molecular formula is C9H17NO3. The van der Waals surface area contributed by atoms with Crippen LogP contribution in [0.4, 0.5) is 0 Å². The van der Waals surface area contributed by atoms with Crippen molar-refractivity contribution in [1.82, 2.24) is 5.32 Å². The van der Waals surface area contributed by atoms with Gasteiger partial charge in [-0.3, -0.25) is 0 Å². The number of hydrogen-bond acceptors (Lipinski definition) is 3. The zero-order chi connectivity index (χ0) is 10.1. The Morgan fingerprint density at radius 1 is 1.69 bits per heavy atom. The van der Waals surface area contributed by atoms with Crippen LogP contribution in [0.1, 0.15) is 27.2 Å². The third-order valence-corrected chi connectivity index (χ3v) is 2.51. The molecule has 2 N–H and O–H groups in total. The number of carbonyl (C=O) groups is 1. The molecule has 1 aliphatic rings. The van der Waals surface area contributed by atoms with Crippen LogP contribution in [0.5, 0.6) is 0 Å². The lowest BCUT2D eigenvalue weighted by atomic mass is 10.00. The summed E-state index contributed by atoms with van der Waals surface area (Å²) < 4.78 is 5.43. The van der Waals surface area contributed by atoms with Crippen molar-refractivity contribution in [3.8, 4) is 0 Å². The molecule has 0 aliphatic carbocycles. The molecule has 0 aromatic carbocycles. The van der Waals surface area contributed by atoms with E-state index < -0.39 is 12.1 Å². The third kappa shape index (κ3) is 2.42. The van der Waals surface area contributed by atoms with E-state index in [2.05, 4.69) is 5.32 Å². The molecule has 2 atom stereocenters. The highest BCUT2D eigenvalue weighted by atomic mass is 16.5. The maximum Gasteiger partial charge on any atom is 0.332 e. The minimum atomic E-state index is -0.900. The van der Waals surface area contributed by atoms with Crippen LogP contribution in [0.3, 0.4) is 0 Å². The van der Waals surface area contributed by atoms with Crippen molar-refractivity contribution < 1.29 is 14.6 Å². The lowest BCUT2D eigenvalue weighted by Gasteiger charge is -2.28. The predicted molar refractivity (Wildman–Crippen MR) is 48.7 cm³/mol. The highest BCUT2D eigenvalue weighted by molar-refractivity contribution is 5.71. The molecule has 1 saturated heterocycles. The molecule has 0 radical (unpaired) electrons. The first-order valence-electron chi connectivity index (χ1n) is 4.57. The molecule has 76 valence electrons. The zero-order valence-corrected chi connectivity index (χ0v) is 8.33. The summed E-state index contributed by atoms with van der Waals surface area (Å²) >= 11 is 0. The van der Waals surface area contributed by atoms with Gasteiger partial charge in [-0.2, -0.15) is 0 Å². The lowest BCUT2D eigenvalue weighted by molar-refractivity contribution is -0.154. The molecule has 1 heterocycles. The number of aliphatic carboxylic acids is 1. The maximum atomic E-state index is 10.6. The van der Waals surface area contributed by atoms with Gasteiger partial charge in [-0.1, -0.05) is 0 Å². The Labute approximate surface area is 78.3 Å². The van der Waals surface area contributed by atoms with Crippen molar-refractivity contribution in [2.45, 2.75) is 44.9 Å². The van der Waals surface area contributed by atoms with E-state index in [0.717, 1.165) is 13.0 Å². The van der Waals surface area contributed by atoms with Gasteiger partial charge in [0.05, 0.1) is 6.10 Å². The standard InChI is InChI=1S/C9H17NO3/c1-6(8(11)12)13-7-4-5-10-9(7,2)3/h6-7,10H,4-5H2,1-3H3,(H,11,12). The second-order valence-electron chi connectivity index (χ2n) is 4.04. The number of carboxylic acid groups (broad SMARTS) is 1. The summed E-state index contributed by atoms with van der Waals surface area (Å²) in [7, 11) is 0. The minimum absolute atomic E-state index is 0.00130. The Hall–Kier alpha value is -0.610. The van der Waals surface area contributed by atoms with E-state index in [1.165, 1.54) is 0 Å². The average Bonchev–Trinajstić information content (AvgIpc) is 2.30. The molecule has 1 aliphatic heterocycles. The number of rotatable bonds is 3. The summed E-state index contributed by atoms with van der Waals surface area (Å²) in [5.74, 6) is -0.900. The van der Waals surface area contributed by atoms with Gasteiger partial charge in [0.1, 0.15) is 0 Å². The van der Waals surface area contributed by atoms with Gasteiger partial charge in [0.25, 0.3) is 0 Å². The quantitative estimate of drug-likeness (QED) is 0.680. The summed E-state index contributed by atoms with van der Waals surface area (Å²) in [6.45, 7) is 6.51. The first-order chi connectivity index (χ1) is 5.93. The van der Waals surface area contributed by atoms with E-state index in [4.69, 9.17) is 9.84 Å². The summed E-state index contributed by atoms with van der Waals surface area (Å²) in [6, 6.07) is 0. The fourth-order valence-corrected chi connectivity index (χ4v) is 1.54. The van der Waals surface area contributed by atoms with Gasteiger partial charge in [0.2, 0.25) is 0 Å². The molecule has 0 amide bonds. The molecule has 1 rings (SSSR count). The summed E-state index contributed by atoms with van der Waals surface area (Å²) in [5.41, 5.74) is -0.107. The van der Waals surface area contributed by atoms with Gasteiger partial charge in [0.15, 0.2) is 6.10 Å². The average molecular weight is 187 g/mol. The minimum Gasteiger partial charge on any atom is -0.479 e. The number of hydrogen-bond donors (Lipinski definition) is 2. The topological polar surface area (TPSA) is 58.6 Å². The Balaban J connectivity index is 2.49. The second kappa shape index (κ2) is 3.64. The Kier molecular flexibility index (Phi) is 2.93. The monoisotopic (exact) mass is 187 g/mol. The molecular weight excluding hydrogens is 170 g/mol. The van der Waals surface area contributed by atoms with E-state index >= 15 is 0 Å². The highest BCUT2D eigenvalue weighted by Gasteiger charge is 2.36. The van der Waals surface area contributed by atoms with E-state index in [1.54, 1.807) is 6.92 Å². The second-order valence-corrected chi connectivity index (χ2v) is 4.04. The van der Waals surface area contributed by atoms with Crippen molar-refractivity contribution in [3.05, 3.63) is 0 Å². The summed E-state index contributed by atoms with van der Waals surface area (Å²) in [6.07, 6.45) is 0.160. The molecule has 0 spiro atoms. The first kappa shape index (κ1) is 10.5. The van der Waals surface area contributed by atoms with Gasteiger partial charge < -0.3 is 15.2 Å². The van der Waals surface area contributed by atoms with Crippen molar-refractivity contribution in [1.29, 1.82) is 0 Å². The summed E-state index contributed by atoms with van der Waals surface area (Å²) in [5, 5.41) is 11.9. The SMILES string of the molecule is CC(OC1CCNC1(C)C)C(=O)O. The Morgan fingerprint density at radius 2 is 2.31 bits per heavy atom. The Bertz CT molecular complexity index is 203. The van der Waals surface area contributed by atoms with E-state index in [0.29, 0.717) is 0 Å². The molecule has 0 aromatic heterocycles. The Morgan fingerprint density at radius 3 is 2.69 bits per heavy atom. The van der Waals surface area contributed by atoms with E-state index in [1.807, 2.05) is 13.8 Å². The van der Waals surface area contributed by atoms with Gasteiger partial charge >= 0.3 is 5.97 Å². The van der Waals surface area contributed by atoms with Crippen molar-refractivity contribution in [2.24, 2.45) is 0 Å². The lowest BCUT2D eigenvalue weighted by Crippen LogP contribution is -2.44.